The fourth-order valence-corrected chi connectivity index (χ4v) is 2.98. The van der Waals surface area contributed by atoms with E-state index in [4.69, 9.17) is 0 Å². The molecule has 1 unspecified atom stereocenters. The molecule has 0 N–H and O–H groups in total. The molecule has 1 aromatic heterocycles. The molecule has 0 saturated carbocycles. The van der Waals surface area contributed by atoms with Gasteiger partial charge in [-0.1, -0.05) is 54.1 Å². The van der Waals surface area contributed by atoms with E-state index in [0.29, 0.717) is 16.3 Å². The summed E-state index contributed by atoms with van der Waals surface area (Å²) in [6.45, 7) is 2.00. The maximum atomic E-state index is 12.6. The number of pyridine rings is 1. The van der Waals surface area contributed by atoms with Gasteiger partial charge in [0.1, 0.15) is 5.71 Å². The zero-order chi connectivity index (χ0) is 16.1. The molecule has 1 heterocycles. The minimum Gasteiger partial charge on any atom is -0.255 e. The van der Waals surface area contributed by atoms with Crippen LogP contribution in [0.5, 0.6) is 0 Å². The fraction of sp³-hybridized carbons (Fsp3) is 0.0526. The molecule has 0 aliphatic rings. The zero-order valence-electron chi connectivity index (χ0n) is 12.7. The van der Waals surface area contributed by atoms with Gasteiger partial charge in [-0.2, -0.15) is 4.40 Å². The molecule has 3 nitrogen and oxygen atoms in total. The van der Waals surface area contributed by atoms with Crippen molar-refractivity contribution in [1.29, 1.82) is 0 Å². The Kier molecular flexibility index (Phi) is 4.74. The van der Waals surface area contributed by atoms with E-state index in [1.54, 1.807) is 6.20 Å². The molecule has 0 radical (unpaired) electrons. The Morgan fingerprint density at radius 3 is 2.26 bits per heavy atom. The summed E-state index contributed by atoms with van der Waals surface area (Å²) in [5, 5.41) is 0. The van der Waals surface area contributed by atoms with Crippen LogP contribution in [0.2, 0.25) is 0 Å². The maximum Gasteiger partial charge on any atom is 0.173 e. The Bertz CT molecular complexity index is 787. The fourth-order valence-electron chi connectivity index (χ4n) is 2.14. The normalized spacial score (nSPS) is 12.8. The molecule has 0 amide bonds. The first-order valence-electron chi connectivity index (χ1n) is 7.28. The Morgan fingerprint density at radius 1 is 0.913 bits per heavy atom. The number of hydrogen-bond donors (Lipinski definition) is 0. The van der Waals surface area contributed by atoms with Crippen LogP contribution >= 0.6 is 0 Å². The van der Waals surface area contributed by atoms with Crippen LogP contribution in [0.3, 0.4) is 0 Å². The standard InChI is InChI=1S/C19H16N2OS/c1-15-10-12-17(13-11-15)23(22)21-19(16-7-3-2-4-8-16)18-9-5-6-14-20-18/h2-14H,1H3/b21-19-. The largest absolute Gasteiger partial charge is 0.255 e. The minimum atomic E-state index is -1.47. The smallest absolute Gasteiger partial charge is 0.173 e. The quantitative estimate of drug-likeness (QED) is 0.683. The van der Waals surface area contributed by atoms with Crippen molar-refractivity contribution in [3.05, 3.63) is 95.8 Å². The Hall–Kier alpha value is -2.59. The molecule has 114 valence electrons. The van der Waals surface area contributed by atoms with Crippen molar-refractivity contribution in [2.45, 2.75) is 11.8 Å². The molecule has 1 atom stereocenters. The van der Waals surface area contributed by atoms with Crippen LogP contribution in [-0.4, -0.2) is 14.9 Å². The van der Waals surface area contributed by atoms with E-state index in [2.05, 4.69) is 9.38 Å². The SMILES string of the molecule is Cc1ccc(S(=O)/N=C(/c2ccccc2)c2ccccn2)cc1. The number of benzene rings is 2. The molecule has 0 bridgehead atoms. The highest BCUT2D eigenvalue weighted by atomic mass is 32.2. The zero-order valence-corrected chi connectivity index (χ0v) is 13.5. The number of hydrogen-bond acceptors (Lipinski definition) is 2. The van der Waals surface area contributed by atoms with E-state index in [0.717, 1.165) is 11.1 Å². The van der Waals surface area contributed by atoms with E-state index >= 15 is 0 Å². The predicted octanol–water partition coefficient (Wildman–Crippen LogP) is 3.95. The molecule has 2 aromatic carbocycles. The van der Waals surface area contributed by atoms with E-state index in [1.807, 2.05) is 79.7 Å². The molecule has 3 rings (SSSR count). The number of nitrogens with zero attached hydrogens (tertiary/aromatic N) is 2. The monoisotopic (exact) mass is 320 g/mol. The molecule has 0 aliphatic carbocycles. The lowest BCUT2D eigenvalue weighted by atomic mass is 10.1. The van der Waals surface area contributed by atoms with Crippen molar-refractivity contribution in [2.24, 2.45) is 4.40 Å². The second kappa shape index (κ2) is 7.11. The Labute approximate surface area is 138 Å². The average molecular weight is 320 g/mol. The van der Waals surface area contributed by atoms with E-state index < -0.39 is 11.0 Å². The summed E-state index contributed by atoms with van der Waals surface area (Å²) in [6.07, 6.45) is 1.71. The van der Waals surface area contributed by atoms with Gasteiger partial charge in [0.25, 0.3) is 0 Å². The lowest BCUT2D eigenvalue weighted by Gasteiger charge is -2.06. The van der Waals surface area contributed by atoms with Crippen molar-refractivity contribution in [2.75, 3.05) is 0 Å². The van der Waals surface area contributed by atoms with Crippen LogP contribution in [0, 0.1) is 6.92 Å². The summed E-state index contributed by atoms with van der Waals surface area (Å²) in [5.41, 5.74) is 3.36. The van der Waals surface area contributed by atoms with Crippen molar-refractivity contribution >= 4 is 16.7 Å². The first-order valence-corrected chi connectivity index (χ1v) is 8.39. The van der Waals surface area contributed by atoms with Crippen molar-refractivity contribution in [3.63, 3.8) is 0 Å². The third-order valence-electron chi connectivity index (χ3n) is 3.35. The second-order valence-corrected chi connectivity index (χ2v) is 6.24. The molecule has 0 spiro atoms. The highest BCUT2D eigenvalue weighted by molar-refractivity contribution is 7.84. The van der Waals surface area contributed by atoms with Crippen LogP contribution in [0.25, 0.3) is 0 Å². The van der Waals surface area contributed by atoms with Gasteiger partial charge >= 0.3 is 0 Å². The molecule has 3 aromatic rings. The van der Waals surface area contributed by atoms with Crippen molar-refractivity contribution in [3.8, 4) is 0 Å². The molecule has 0 aliphatic heterocycles. The lowest BCUT2D eigenvalue weighted by Crippen LogP contribution is -2.07. The van der Waals surface area contributed by atoms with Gasteiger partial charge in [0.15, 0.2) is 11.0 Å². The van der Waals surface area contributed by atoms with Crippen LogP contribution in [0.1, 0.15) is 16.8 Å². The van der Waals surface area contributed by atoms with Gasteiger partial charge < -0.3 is 0 Å². The van der Waals surface area contributed by atoms with E-state index in [-0.39, 0.29) is 0 Å². The summed E-state index contributed by atoms with van der Waals surface area (Å²) in [4.78, 5) is 5.03. The van der Waals surface area contributed by atoms with E-state index in [9.17, 15) is 4.21 Å². The first-order chi connectivity index (χ1) is 11.2. The molecule has 0 saturated heterocycles. The first kappa shape index (κ1) is 15.3. The van der Waals surface area contributed by atoms with Crippen molar-refractivity contribution in [1.82, 2.24) is 4.98 Å². The summed E-state index contributed by atoms with van der Waals surface area (Å²) >= 11 is 0. The van der Waals surface area contributed by atoms with Gasteiger partial charge in [-0.3, -0.25) is 4.98 Å². The van der Waals surface area contributed by atoms with Crippen LogP contribution in [0.4, 0.5) is 0 Å². The maximum absolute atomic E-state index is 12.6. The van der Waals surface area contributed by atoms with Crippen molar-refractivity contribution < 1.29 is 4.21 Å². The highest BCUT2D eigenvalue weighted by Crippen LogP contribution is 2.14. The number of rotatable bonds is 4. The molecular formula is C19H16N2OS. The number of aryl methyl sites for hydroxylation is 1. The topological polar surface area (TPSA) is 42.3 Å². The van der Waals surface area contributed by atoms with Crippen LogP contribution < -0.4 is 0 Å². The molecule has 0 fully saturated rings. The summed E-state index contributed by atoms with van der Waals surface area (Å²) in [5.74, 6) is 0. The van der Waals surface area contributed by atoms with Crippen LogP contribution in [-0.2, 0) is 11.0 Å². The summed E-state index contributed by atoms with van der Waals surface area (Å²) in [7, 11) is -1.47. The van der Waals surface area contributed by atoms with Gasteiger partial charge in [0, 0.05) is 11.8 Å². The minimum absolute atomic E-state index is 0.630. The second-order valence-electron chi connectivity index (χ2n) is 5.08. The highest BCUT2D eigenvalue weighted by Gasteiger charge is 2.11. The van der Waals surface area contributed by atoms with Gasteiger partial charge in [0.2, 0.25) is 0 Å². The van der Waals surface area contributed by atoms with Gasteiger partial charge in [-0.25, -0.2) is 4.21 Å². The van der Waals surface area contributed by atoms with Gasteiger partial charge in [-0.15, -0.1) is 0 Å². The molecule has 4 heteroatoms. The predicted molar refractivity (Wildman–Crippen MR) is 93.9 cm³/mol. The third-order valence-corrected chi connectivity index (χ3v) is 4.38. The summed E-state index contributed by atoms with van der Waals surface area (Å²) in [6, 6.07) is 22.9. The van der Waals surface area contributed by atoms with E-state index in [1.165, 1.54) is 0 Å². The van der Waals surface area contributed by atoms with Crippen LogP contribution in [0.15, 0.2) is 88.3 Å². The van der Waals surface area contributed by atoms with Gasteiger partial charge in [-0.05, 0) is 31.2 Å². The average Bonchev–Trinajstić information content (AvgIpc) is 2.61. The Balaban J connectivity index is 2.05. The summed E-state index contributed by atoms with van der Waals surface area (Å²) < 4.78 is 17.1. The number of aromatic nitrogens is 1. The molecular weight excluding hydrogens is 304 g/mol. The Morgan fingerprint density at radius 2 is 1.61 bits per heavy atom. The molecule has 23 heavy (non-hydrogen) atoms. The third kappa shape index (κ3) is 3.79. The van der Waals surface area contributed by atoms with Gasteiger partial charge in [0.05, 0.1) is 10.6 Å². The lowest BCUT2D eigenvalue weighted by molar-refractivity contribution is 0.684.